The predicted molar refractivity (Wildman–Crippen MR) is 121 cm³/mol. The second kappa shape index (κ2) is 8.37. The molecule has 0 radical (unpaired) electrons. The van der Waals surface area contributed by atoms with Gasteiger partial charge in [-0.3, -0.25) is 4.79 Å². The van der Waals surface area contributed by atoms with Crippen LogP contribution in [0.15, 0.2) is 63.8 Å². The molecule has 6 nitrogen and oxygen atoms in total. The Bertz CT molecular complexity index is 1390. The van der Waals surface area contributed by atoms with Gasteiger partial charge in [0.25, 0.3) is 5.91 Å². The lowest BCUT2D eigenvalue weighted by atomic mass is 10.0. The van der Waals surface area contributed by atoms with Gasteiger partial charge < -0.3 is 14.5 Å². The highest BCUT2D eigenvalue weighted by atomic mass is 35.5. The molecule has 2 heterocycles. The van der Waals surface area contributed by atoms with Crippen molar-refractivity contribution in [1.29, 1.82) is 0 Å². The van der Waals surface area contributed by atoms with Gasteiger partial charge in [0, 0.05) is 20.8 Å². The third-order valence-corrected chi connectivity index (χ3v) is 5.96. The van der Waals surface area contributed by atoms with Gasteiger partial charge in [0.1, 0.15) is 21.7 Å². The SMILES string of the molecule is COC(=O)c1c(NC(=O)c2cc3ccccc3oc2=O)sc(C)c1-c1cccc(Cl)c1. The number of anilines is 1. The highest BCUT2D eigenvalue weighted by Gasteiger charge is 2.26. The van der Waals surface area contributed by atoms with Crippen LogP contribution in [0.1, 0.15) is 25.6 Å². The summed E-state index contributed by atoms with van der Waals surface area (Å²) in [6.07, 6.45) is 0. The van der Waals surface area contributed by atoms with Gasteiger partial charge in [0.05, 0.1) is 7.11 Å². The molecule has 0 atom stereocenters. The molecule has 31 heavy (non-hydrogen) atoms. The summed E-state index contributed by atoms with van der Waals surface area (Å²) in [6.45, 7) is 1.83. The number of hydrogen-bond acceptors (Lipinski definition) is 6. The van der Waals surface area contributed by atoms with Crippen LogP contribution in [-0.2, 0) is 4.74 Å². The molecule has 0 fully saturated rings. The van der Waals surface area contributed by atoms with E-state index >= 15 is 0 Å². The van der Waals surface area contributed by atoms with Crippen molar-refractivity contribution in [3.8, 4) is 11.1 Å². The molecule has 0 saturated carbocycles. The smallest absolute Gasteiger partial charge is 0.349 e. The average molecular weight is 454 g/mol. The predicted octanol–water partition coefficient (Wildman–Crippen LogP) is 5.52. The molecule has 2 aromatic heterocycles. The summed E-state index contributed by atoms with van der Waals surface area (Å²) in [4.78, 5) is 38.6. The standard InChI is InChI=1S/C23H16ClNO5S/c1-12-18(14-7-5-8-15(24)10-14)19(23(28)29-2)21(31-12)25-20(26)16-11-13-6-3-4-9-17(13)30-22(16)27/h3-11H,1-2H3,(H,25,26). The lowest BCUT2D eigenvalue weighted by Gasteiger charge is -2.08. The first-order chi connectivity index (χ1) is 14.9. The van der Waals surface area contributed by atoms with Crippen LogP contribution in [0.4, 0.5) is 5.00 Å². The maximum Gasteiger partial charge on any atom is 0.349 e. The second-order valence-corrected chi connectivity index (χ2v) is 8.34. The van der Waals surface area contributed by atoms with Crippen LogP contribution in [0.5, 0.6) is 0 Å². The number of benzene rings is 2. The summed E-state index contributed by atoms with van der Waals surface area (Å²) >= 11 is 7.33. The fourth-order valence-corrected chi connectivity index (χ4v) is 4.56. The van der Waals surface area contributed by atoms with E-state index in [2.05, 4.69) is 5.32 Å². The monoisotopic (exact) mass is 453 g/mol. The van der Waals surface area contributed by atoms with E-state index in [1.54, 1.807) is 42.5 Å². The van der Waals surface area contributed by atoms with Crippen molar-refractivity contribution < 1.29 is 18.7 Å². The molecule has 156 valence electrons. The number of hydrogen-bond donors (Lipinski definition) is 1. The second-order valence-electron chi connectivity index (χ2n) is 6.68. The van der Waals surface area contributed by atoms with Crippen LogP contribution in [0.3, 0.4) is 0 Å². The molecule has 0 saturated heterocycles. The Morgan fingerprint density at radius 3 is 2.61 bits per heavy atom. The first-order valence-corrected chi connectivity index (χ1v) is 10.4. The highest BCUT2D eigenvalue weighted by Crippen LogP contribution is 2.41. The zero-order valence-electron chi connectivity index (χ0n) is 16.5. The van der Waals surface area contributed by atoms with Gasteiger partial charge in [-0.25, -0.2) is 9.59 Å². The Morgan fingerprint density at radius 1 is 1.10 bits per heavy atom. The van der Waals surface area contributed by atoms with E-state index in [0.29, 0.717) is 27.1 Å². The van der Waals surface area contributed by atoms with Gasteiger partial charge >= 0.3 is 11.6 Å². The molecule has 0 aliphatic heterocycles. The zero-order chi connectivity index (χ0) is 22.1. The van der Waals surface area contributed by atoms with Gasteiger partial charge in [0.15, 0.2) is 0 Å². The summed E-state index contributed by atoms with van der Waals surface area (Å²) in [6, 6.07) is 15.4. The van der Waals surface area contributed by atoms with Crippen molar-refractivity contribution in [2.45, 2.75) is 6.92 Å². The molecule has 8 heteroatoms. The Balaban J connectivity index is 1.79. The normalized spacial score (nSPS) is 10.8. The molecule has 2 aromatic carbocycles. The highest BCUT2D eigenvalue weighted by molar-refractivity contribution is 7.17. The Morgan fingerprint density at radius 2 is 1.87 bits per heavy atom. The van der Waals surface area contributed by atoms with E-state index in [1.807, 2.05) is 13.0 Å². The summed E-state index contributed by atoms with van der Waals surface area (Å²) < 4.78 is 10.2. The first-order valence-electron chi connectivity index (χ1n) is 9.21. The third-order valence-electron chi connectivity index (χ3n) is 4.70. The van der Waals surface area contributed by atoms with E-state index in [-0.39, 0.29) is 16.1 Å². The van der Waals surface area contributed by atoms with Crippen LogP contribution in [0, 0.1) is 6.92 Å². The third kappa shape index (κ3) is 3.97. The number of thiophene rings is 1. The van der Waals surface area contributed by atoms with Gasteiger partial charge in [-0.15, -0.1) is 11.3 Å². The van der Waals surface area contributed by atoms with Crippen LogP contribution < -0.4 is 10.9 Å². The molecular weight excluding hydrogens is 438 g/mol. The number of fused-ring (bicyclic) bond motifs is 1. The Hall–Kier alpha value is -3.42. The fraction of sp³-hybridized carbons (Fsp3) is 0.0870. The lowest BCUT2D eigenvalue weighted by Crippen LogP contribution is -2.21. The van der Waals surface area contributed by atoms with Crippen molar-refractivity contribution in [3.05, 3.63) is 86.0 Å². The fourth-order valence-electron chi connectivity index (χ4n) is 3.31. The van der Waals surface area contributed by atoms with E-state index in [0.717, 1.165) is 4.88 Å². The maximum absolute atomic E-state index is 12.9. The number of amides is 1. The minimum absolute atomic E-state index is 0.162. The van der Waals surface area contributed by atoms with Crippen molar-refractivity contribution in [1.82, 2.24) is 0 Å². The van der Waals surface area contributed by atoms with Gasteiger partial charge in [0.2, 0.25) is 0 Å². The van der Waals surface area contributed by atoms with Gasteiger partial charge in [-0.2, -0.15) is 0 Å². The number of nitrogens with one attached hydrogen (secondary N) is 1. The van der Waals surface area contributed by atoms with Crippen molar-refractivity contribution in [3.63, 3.8) is 0 Å². The number of methoxy groups -OCH3 is 1. The summed E-state index contributed by atoms with van der Waals surface area (Å²) in [5.74, 6) is -1.29. The number of esters is 1. The molecular formula is C23H16ClNO5S. The molecule has 4 rings (SSSR count). The number of carbonyl (C=O) groups excluding carboxylic acids is 2. The number of rotatable bonds is 4. The quantitative estimate of drug-likeness (QED) is 0.324. The number of para-hydroxylation sites is 1. The molecule has 0 unspecified atom stereocenters. The molecule has 1 N–H and O–H groups in total. The summed E-state index contributed by atoms with van der Waals surface area (Å²) in [7, 11) is 1.26. The molecule has 0 spiro atoms. The van der Waals surface area contributed by atoms with Crippen LogP contribution in [0.2, 0.25) is 5.02 Å². The molecule has 0 aliphatic rings. The summed E-state index contributed by atoms with van der Waals surface area (Å²) in [5.41, 5.74) is 0.983. The first kappa shape index (κ1) is 20.8. The van der Waals surface area contributed by atoms with Crippen LogP contribution >= 0.6 is 22.9 Å². The molecule has 0 aliphatic carbocycles. The van der Waals surface area contributed by atoms with E-state index < -0.39 is 17.5 Å². The Labute approximate surface area is 186 Å². The summed E-state index contributed by atoms with van der Waals surface area (Å²) in [5, 5.41) is 4.08. The van der Waals surface area contributed by atoms with E-state index in [9.17, 15) is 14.4 Å². The maximum atomic E-state index is 12.9. The molecule has 4 aromatic rings. The minimum Gasteiger partial charge on any atom is -0.465 e. The van der Waals surface area contributed by atoms with E-state index in [4.69, 9.17) is 20.8 Å². The number of ether oxygens (including phenoxy) is 1. The number of halogens is 1. The molecule has 1 amide bonds. The topological polar surface area (TPSA) is 85.6 Å². The zero-order valence-corrected chi connectivity index (χ0v) is 18.1. The minimum atomic E-state index is -0.765. The average Bonchev–Trinajstić information content (AvgIpc) is 3.08. The number of carbonyl (C=O) groups is 2. The lowest BCUT2D eigenvalue weighted by molar-refractivity contribution is 0.0603. The Kier molecular flexibility index (Phi) is 5.63. The van der Waals surface area contributed by atoms with Gasteiger partial charge in [-0.1, -0.05) is 41.9 Å². The van der Waals surface area contributed by atoms with E-state index in [1.165, 1.54) is 24.5 Å². The molecule has 0 bridgehead atoms. The largest absolute Gasteiger partial charge is 0.465 e. The van der Waals surface area contributed by atoms with Crippen molar-refractivity contribution in [2.75, 3.05) is 12.4 Å². The van der Waals surface area contributed by atoms with Crippen molar-refractivity contribution >= 4 is 50.8 Å². The number of aryl methyl sites for hydroxylation is 1. The van der Waals surface area contributed by atoms with Crippen molar-refractivity contribution in [2.24, 2.45) is 0 Å². The van der Waals surface area contributed by atoms with Crippen LogP contribution in [-0.4, -0.2) is 19.0 Å². The van der Waals surface area contributed by atoms with Gasteiger partial charge in [-0.05, 0) is 36.8 Å². The van der Waals surface area contributed by atoms with Crippen LogP contribution in [0.25, 0.3) is 22.1 Å².